The molecule has 0 aliphatic carbocycles. The zero-order valence-electron chi connectivity index (χ0n) is 9.33. The standard InChI is InChI=1S/C12H14BrNO2/c1-8(2)7-14(3)12(16)9-4-5-10(13)11(15)6-9/h4-6,15H,1,7H2,2-3H3. The number of aromatic hydroxyl groups is 1. The largest absolute Gasteiger partial charge is 0.507 e. The van der Waals surface area contributed by atoms with Crippen LogP contribution < -0.4 is 0 Å². The number of nitrogens with zero attached hydrogens (tertiary/aromatic N) is 1. The number of hydrogen-bond donors (Lipinski definition) is 1. The van der Waals surface area contributed by atoms with Crippen molar-refractivity contribution in [2.24, 2.45) is 0 Å². The first-order valence-electron chi connectivity index (χ1n) is 4.80. The van der Waals surface area contributed by atoms with Crippen LogP contribution in [0.4, 0.5) is 0 Å². The Morgan fingerprint density at radius 2 is 2.19 bits per heavy atom. The second-order valence-corrected chi connectivity index (χ2v) is 4.64. The van der Waals surface area contributed by atoms with Gasteiger partial charge in [-0.2, -0.15) is 0 Å². The van der Waals surface area contributed by atoms with Crippen LogP contribution in [0, 0.1) is 0 Å². The van der Waals surface area contributed by atoms with Crippen molar-refractivity contribution in [1.82, 2.24) is 4.90 Å². The molecule has 1 rings (SSSR count). The number of phenols is 1. The normalized spacial score (nSPS) is 9.94. The number of halogens is 1. The van der Waals surface area contributed by atoms with Crippen molar-refractivity contribution < 1.29 is 9.90 Å². The first kappa shape index (κ1) is 12.8. The lowest BCUT2D eigenvalue weighted by molar-refractivity contribution is 0.0806. The average Bonchev–Trinajstić information content (AvgIpc) is 2.20. The average molecular weight is 284 g/mol. The molecule has 0 radical (unpaired) electrons. The Kier molecular flexibility index (Phi) is 4.12. The molecule has 0 aliphatic heterocycles. The minimum atomic E-state index is -0.134. The number of hydrogen-bond acceptors (Lipinski definition) is 2. The van der Waals surface area contributed by atoms with Gasteiger partial charge in [0.25, 0.3) is 5.91 Å². The Labute approximate surface area is 104 Å². The molecular weight excluding hydrogens is 270 g/mol. The fourth-order valence-corrected chi connectivity index (χ4v) is 1.59. The Morgan fingerprint density at radius 3 is 2.69 bits per heavy atom. The van der Waals surface area contributed by atoms with Crippen LogP contribution in [0.3, 0.4) is 0 Å². The quantitative estimate of drug-likeness (QED) is 0.867. The number of phenolic OH excluding ortho intramolecular Hbond substituents is 1. The van der Waals surface area contributed by atoms with Gasteiger partial charge in [0, 0.05) is 19.2 Å². The fraction of sp³-hybridized carbons (Fsp3) is 0.250. The van der Waals surface area contributed by atoms with Gasteiger partial charge in [0.05, 0.1) is 4.47 Å². The van der Waals surface area contributed by atoms with E-state index in [4.69, 9.17) is 0 Å². The van der Waals surface area contributed by atoms with E-state index in [1.807, 2.05) is 6.92 Å². The van der Waals surface area contributed by atoms with Gasteiger partial charge < -0.3 is 10.0 Å². The molecule has 86 valence electrons. The van der Waals surface area contributed by atoms with Crippen molar-refractivity contribution in [2.45, 2.75) is 6.92 Å². The van der Waals surface area contributed by atoms with Crippen LogP contribution >= 0.6 is 15.9 Å². The van der Waals surface area contributed by atoms with Crippen LogP contribution in [0.1, 0.15) is 17.3 Å². The smallest absolute Gasteiger partial charge is 0.254 e. The minimum absolute atomic E-state index is 0.0644. The zero-order valence-corrected chi connectivity index (χ0v) is 10.9. The van der Waals surface area contributed by atoms with Gasteiger partial charge in [-0.3, -0.25) is 4.79 Å². The molecule has 16 heavy (non-hydrogen) atoms. The molecule has 1 N–H and O–H groups in total. The second-order valence-electron chi connectivity index (χ2n) is 3.78. The number of likely N-dealkylation sites (N-methyl/N-ethyl adjacent to an activating group) is 1. The van der Waals surface area contributed by atoms with E-state index < -0.39 is 0 Å². The van der Waals surface area contributed by atoms with E-state index in [-0.39, 0.29) is 11.7 Å². The predicted molar refractivity (Wildman–Crippen MR) is 67.6 cm³/mol. The third-order valence-electron chi connectivity index (χ3n) is 2.05. The lowest BCUT2D eigenvalue weighted by atomic mass is 10.2. The SMILES string of the molecule is C=C(C)CN(C)C(=O)c1ccc(Br)c(O)c1. The van der Waals surface area contributed by atoms with E-state index in [2.05, 4.69) is 22.5 Å². The van der Waals surface area contributed by atoms with E-state index in [1.54, 1.807) is 24.1 Å². The van der Waals surface area contributed by atoms with Crippen molar-refractivity contribution in [3.63, 3.8) is 0 Å². The van der Waals surface area contributed by atoms with E-state index in [1.165, 1.54) is 6.07 Å². The molecule has 3 nitrogen and oxygen atoms in total. The molecule has 1 aromatic carbocycles. The summed E-state index contributed by atoms with van der Waals surface area (Å²) < 4.78 is 0.576. The van der Waals surface area contributed by atoms with Crippen LogP contribution in [0.5, 0.6) is 5.75 Å². The summed E-state index contributed by atoms with van der Waals surface area (Å²) in [6, 6.07) is 4.76. The van der Waals surface area contributed by atoms with Gasteiger partial charge in [0.2, 0.25) is 0 Å². The van der Waals surface area contributed by atoms with Crippen molar-refractivity contribution in [2.75, 3.05) is 13.6 Å². The van der Waals surface area contributed by atoms with Gasteiger partial charge in [-0.15, -0.1) is 0 Å². The molecule has 0 saturated heterocycles. The molecule has 1 amide bonds. The highest BCUT2D eigenvalue weighted by molar-refractivity contribution is 9.10. The number of benzene rings is 1. The summed E-state index contributed by atoms with van der Waals surface area (Å²) in [5, 5.41) is 9.48. The maximum Gasteiger partial charge on any atom is 0.254 e. The summed E-state index contributed by atoms with van der Waals surface area (Å²) in [5.74, 6) is -0.0691. The molecule has 0 fully saturated rings. The lowest BCUT2D eigenvalue weighted by Crippen LogP contribution is -2.28. The highest BCUT2D eigenvalue weighted by Gasteiger charge is 2.12. The third kappa shape index (κ3) is 3.10. The Morgan fingerprint density at radius 1 is 1.56 bits per heavy atom. The highest BCUT2D eigenvalue weighted by atomic mass is 79.9. The lowest BCUT2D eigenvalue weighted by Gasteiger charge is -2.17. The number of amides is 1. The molecule has 0 spiro atoms. The monoisotopic (exact) mass is 283 g/mol. The Hall–Kier alpha value is -1.29. The molecule has 0 aliphatic rings. The van der Waals surface area contributed by atoms with Crippen molar-refractivity contribution in [3.05, 3.63) is 40.4 Å². The maximum atomic E-state index is 11.9. The minimum Gasteiger partial charge on any atom is -0.507 e. The molecule has 4 heteroatoms. The summed E-state index contributed by atoms with van der Waals surface area (Å²) in [7, 11) is 1.70. The van der Waals surface area contributed by atoms with Crippen LogP contribution in [0.25, 0.3) is 0 Å². The van der Waals surface area contributed by atoms with Crippen LogP contribution in [-0.2, 0) is 0 Å². The predicted octanol–water partition coefficient (Wildman–Crippen LogP) is 2.80. The summed E-state index contributed by atoms with van der Waals surface area (Å²) in [5.41, 5.74) is 1.38. The molecule has 0 aromatic heterocycles. The molecule has 0 atom stereocenters. The molecule has 1 aromatic rings. The van der Waals surface area contributed by atoms with Gasteiger partial charge in [0.15, 0.2) is 0 Å². The van der Waals surface area contributed by atoms with E-state index in [0.717, 1.165) is 5.57 Å². The van der Waals surface area contributed by atoms with Gasteiger partial charge in [-0.05, 0) is 41.1 Å². The fourth-order valence-electron chi connectivity index (χ4n) is 1.34. The van der Waals surface area contributed by atoms with Gasteiger partial charge >= 0.3 is 0 Å². The van der Waals surface area contributed by atoms with E-state index in [0.29, 0.717) is 16.6 Å². The zero-order chi connectivity index (χ0) is 12.3. The first-order valence-corrected chi connectivity index (χ1v) is 5.59. The topological polar surface area (TPSA) is 40.5 Å². The summed E-state index contributed by atoms with van der Waals surface area (Å²) in [4.78, 5) is 13.5. The third-order valence-corrected chi connectivity index (χ3v) is 2.72. The summed E-state index contributed by atoms with van der Waals surface area (Å²) >= 11 is 3.17. The van der Waals surface area contributed by atoms with E-state index >= 15 is 0 Å². The van der Waals surface area contributed by atoms with Crippen LogP contribution in [0.15, 0.2) is 34.8 Å². The molecule has 0 heterocycles. The maximum absolute atomic E-state index is 11.9. The van der Waals surface area contributed by atoms with Crippen LogP contribution in [0.2, 0.25) is 0 Å². The van der Waals surface area contributed by atoms with E-state index in [9.17, 15) is 9.90 Å². The Balaban J connectivity index is 2.88. The van der Waals surface area contributed by atoms with Gasteiger partial charge in [-0.1, -0.05) is 12.2 Å². The summed E-state index contributed by atoms with van der Waals surface area (Å²) in [6.45, 7) is 6.13. The Bertz CT molecular complexity index is 429. The number of carbonyl (C=O) groups is 1. The first-order chi connectivity index (χ1) is 7.41. The second kappa shape index (κ2) is 5.16. The summed E-state index contributed by atoms with van der Waals surface area (Å²) in [6.07, 6.45) is 0. The molecule has 0 saturated carbocycles. The highest BCUT2D eigenvalue weighted by Crippen LogP contribution is 2.24. The number of carbonyl (C=O) groups excluding carboxylic acids is 1. The van der Waals surface area contributed by atoms with Crippen LogP contribution in [-0.4, -0.2) is 29.5 Å². The van der Waals surface area contributed by atoms with Gasteiger partial charge in [-0.25, -0.2) is 0 Å². The molecule has 0 bridgehead atoms. The molecular formula is C12H14BrNO2. The molecule has 0 unspecified atom stereocenters. The van der Waals surface area contributed by atoms with Crippen molar-refractivity contribution in [1.29, 1.82) is 0 Å². The van der Waals surface area contributed by atoms with Crippen molar-refractivity contribution >= 4 is 21.8 Å². The number of rotatable bonds is 3. The van der Waals surface area contributed by atoms with Gasteiger partial charge in [0.1, 0.15) is 5.75 Å². The van der Waals surface area contributed by atoms with Crippen molar-refractivity contribution in [3.8, 4) is 5.75 Å².